The minimum absolute atomic E-state index is 0. The quantitative estimate of drug-likeness (QED) is 0.879. The smallest absolute Gasteiger partial charge is 0.257 e. The molecule has 2 aromatic heterocycles. The molecule has 106 valence electrons. The molecule has 0 aromatic carbocycles. The maximum Gasteiger partial charge on any atom is 0.257 e. The van der Waals surface area contributed by atoms with Gasteiger partial charge in [-0.3, -0.25) is 9.36 Å². The Morgan fingerprint density at radius 3 is 2.37 bits per heavy atom. The minimum atomic E-state index is -2.38. The fourth-order valence-corrected chi connectivity index (χ4v) is 1.62. The van der Waals surface area contributed by atoms with Crippen LogP contribution in [0.5, 0.6) is 0 Å². The molecule has 19 heavy (non-hydrogen) atoms. The maximum atomic E-state index is 12.1. The molecule has 0 amide bonds. The number of aryl methyl sites for hydroxylation is 1. The first-order chi connectivity index (χ1) is 8.63. The van der Waals surface area contributed by atoms with Crippen molar-refractivity contribution in [2.75, 3.05) is 0 Å². The van der Waals surface area contributed by atoms with E-state index in [4.69, 9.17) is 0 Å². The third-order valence-corrected chi connectivity index (χ3v) is 2.40. The van der Waals surface area contributed by atoms with Gasteiger partial charge in [-0.05, 0) is 12.1 Å². The molecule has 0 atom stereocenters. The molecule has 0 spiro atoms. The number of hydrogen-bond acceptors (Lipinski definition) is 3. The first-order valence-electron chi connectivity index (χ1n) is 5.63. The standard InChI is InChI=1S/C11H15F2N5.ClH/c1-17-4-2-9(15-17)6-14-7-10-3-5-18(16-10)8-11(12)13;/h2-5,11,14H,6-8H2,1H3;1H. The molecular formula is C11H16ClF2N5. The molecule has 0 fully saturated rings. The van der Waals surface area contributed by atoms with E-state index < -0.39 is 6.43 Å². The van der Waals surface area contributed by atoms with E-state index in [9.17, 15) is 8.78 Å². The Balaban J connectivity index is 0.00000180. The van der Waals surface area contributed by atoms with Crippen molar-refractivity contribution in [1.82, 2.24) is 24.9 Å². The SMILES string of the molecule is Cl.Cn1ccc(CNCc2ccn(CC(F)F)n2)n1. The van der Waals surface area contributed by atoms with Crippen molar-refractivity contribution in [2.45, 2.75) is 26.1 Å². The van der Waals surface area contributed by atoms with E-state index in [1.807, 2.05) is 19.3 Å². The van der Waals surface area contributed by atoms with Crippen LogP contribution in [0, 0.1) is 0 Å². The molecule has 0 unspecified atom stereocenters. The number of aromatic nitrogens is 4. The Hall–Kier alpha value is -1.47. The van der Waals surface area contributed by atoms with Crippen LogP contribution >= 0.6 is 12.4 Å². The van der Waals surface area contributed by atoms with E-state index in [2.05, 4.69) is 15.5 Å². The normalized spacial score (nSPS) is 10.7. The predicted molar refractivity (Wildman–Crippen MR) is 69.2 cm³/mol. The molecule has 1 N–H and O–H groups in total. The first kappa shape index (κ1) is 15.6. The monoisotopic (exact) mass is 291 g/mol. The third-order valence-electron chi connectivity index (χ3n) is 2.40. The molecule has 0 saturated carbocycles. The first-order valence-corrected chi connectivity index (χ1v) is 5.63. The van der Waals surface area contributed by atoms with Gasteiger partial charge >= 0.3 is 0 Å². The van der Waals surface area contributed by atoms with E-state index in [1.165, 1.54) is 4.68 Å². The molecule has 0 aliphatic rings. The Morgan fingerprint density at radius 1 is 1.16 bits per heavy atom. The number of hydrogen-bond donors (Lipinski definition) is 1. The summed E-state index contributed by atoms with van der Waals surface area (Å²) >= 11 is 0. The van der Waals surface area contributed by atoms with E-state index in [1.54, 1.807) is 16.9 Å². The maximum absolute atomic E-state index is 12.1. The molecule has 0 aliphatic carbocycles. The molecule has 8 heteroatoms. The second-order valence-corrected chi connectivity index (χ2v) is 4.00. The van der Waals surface area contributed by atoms with Crippen LogP contribution in [-0.4, -0.2) is 26.0 Å². The van der Waals surface area contributed by atoms with E-state index in [0.717, 1.165) is 11.4 Å². The van der Waals surface area contributed by atoms with Crippen molar-refractivity contribution in [3.63, 3.8) is 0 Å². The van der Waals surface area contributed by atoms with Gasteiger partial charge in [-0.15, -0.1) is 12.4 Å². The number of nitrogens with one attached hydrogen (secondary N) is 1. The van der Waals surface area contributed by atoms with Gasteiger partial charge in [-0.25, -0.2) is 8.78 Å². The second kappa shape index (κ2) is 7.20. The lowest BCUT2D eigenvalue weighted by molar-refractivity contribution is 0.121. The Bertz CT molecular complexity index is 497. The zero-order valence-corrected chi connectivity index (χ0v) is 11.3. The summed E-state index contributed by atoms with van der Waals surface area (Å²) in [6.07, 6.45) is 1.05. The van der Waals surface area contributed by atoms with Crippen molar-refractivity contribution >= 4 is 12.4 Å². The van der Waals surface area contributed by atoms with Crippen LogP contribution < -0.4 is 5.32 Å². The Morgan fingerprint density at radius 2 is 1.79 bits per heavy atom. The molecular weight excluding hydrogens is 276 g/mol. The second-order valence-electron chi connectivity index (χ2n) is 4.00. The van der Waals surface area contributed by atoms with Gasteiger partial charge in [0.15, 0.2) is 0 Å². The average Bonchev–Trinajstić information content (AvgIpc) is 2.88. The van der Waals surface area contributed by atoms with Crippen LogP contribution in [0.25, 0.3) is 0 Å². The Labute approximate surface area is 116 Å². The van der Waals surface area contributed by atoms with Crippen molar-refractivity contribution in [3.05, 3.63) is 35.9 Å². The van der Waals surface area contributed by atoms with Crippen LogP contribution in [0.4, 0.5) is 8.78 Å². The predicted octanol–water partition coefficient (Wildman–Crippen LogP) is 1.59. The van der Waals surface area contributed by atoms with Crippen molar-refractivity contribution in [1.29, 1.82) is 0 Å². The van der Waals surface area contributed by atoms with E-state index >= 15 is 0 Å². The third kappa shape index (κ3) is 4.96. The topological polar surface area (TPSA) is 47.7 Å². The Kier molecular flexibility index (Phi) is 5.91. The van der Waals surface area contributed by atoms with Crippen molar-refractivity contribution in [2.24, 2.45) is 7.05 Å². The molecule has 0 saturated heterocycles. The van der Waals surface area contributed by atoms with Gasteiger partial charge in [0.2, 0.25) is 0 Å². The van der Waals surface area contributed by atoms with Gasteiger partial charge < -0.3 is 5.32 Å². The van der Waals surface area contributed by atoms with Crippen LogP contribution in [-0.2, 0) is 26.7 Å². The summed E-state index contributed by atoms with van der Waals surface area (Å²) in [6, 6.07) is 3.65. The summed E-state index contributed by atoms with van der Waals surface area (Å²) < 4.78 is 27.2. The summed E-state index contributed by atoms with van der Waals surface area (Å²) in [5.41, 5.74) is 1.68. The highest BCUT2D eigenvalue weighted by Gasteiger charge is 2.05. The van der Waals surface area contributed by atoms with Gasteiger partial charge in [0.25, 0.3) is 6.43 Å². The minimum Gasteiger partial charge on any atom is -0.305 e. The lowest BCUT2D eigenvalue weighted by Crippen LogP contribution is -2.14. The summed E-state index contributed by atoms with van der Waals surface area (Å²) in [5, 5.41) is 11.4. The molecule has 0 bridgehead atoms. The van der Waals surface area contributed by atoms with Crippen LogP contribution in [0.3, 0.4) is 0 Å². The fraction of sp³-hybridized carbons (Fsp3) is 0.455. The summed E-state index contributed by atoms with van der Waals surface area (Å²) in [7, 11) is 1.86. The summed E-state index contributed by atoms with van der Waals surface area (Å²) in [4.78, 5) is 0. The van der Waals surface area contributed by atoms with Gasteiger partial charge in [0.05, 0.1) is 11.4 Å². The molecule has 0 aliphatic heterocycles. The highest BCUT2D eigenvalue weighted by molar-refractivity contribution is 5.85. The van der Waals surface area contributed by atoms with Crippen LogP contribution in [0.2, 0.25) is 0 Å². The van der Waals surface area contributed by atoms with Crippen LogP contribution in [0.1, 0.15) is 11.4 Å². The zero-order chi connectivity index (χ0) is 13.0. The molecule has 0 radical (unpaired) electrons. The zero-order valence-electron chi connectivity index (χ0n) is 10.5. The number of halogens is 3. The van der Waals surface area contributed by atoms with Gasteiger partial charge in [0, 0.05) is 32.5 Å². The van der Waals surface area contributed by atoms with E-state index in [-0.39, 0.29) is 19.0 Å². The molecule has 2 aromatic rings. The van der Waals surface area contributed by atoms with E-state index in [0.29, 0.717) is 13.1 Å². The largest absolute Gasteiger partial charge is 0.305 e. The van der Waals surface area contributed by atoms with Gasteiger partial charge in [-0.1, -0.05) is 0 Å². The summed E-state index contributed by atoms with van der Waals surface area (Å²) in [5.74, 6) is 0. The lowest BCUT2D eigenvalue weighted by Gasteiger charge is -2.01. The van der Waals surface area contributed by atoms with Crippen molar-refractivity contribution < 1.29 is 8.78 Å². The fourth-order valence-electron chi connectivity index (χ4n) is 1.62. The van der Waals surface area contributed by atoms with Crippen molar-refractivity contribution in [3.8, 4) is 0 Å². The highest BCUT2D eigenvalue weighted by atomic mass is 35.5. The van der Waals surface area contributed by atoms with Crippen LogP contribution in [0.15, 0.2) is 24.5 Å². The molecule has 2 heterocycles. The van der Waals surface area contributed by atoms with Gasteiger partial charge in [0.1, 0.15) is 6.54 Å². The molecule has 5 nitrogen and oxygen atoms in total. The molecule has 2 rings (SSSR count). The number of rotatable bonds is 6. The average molecular weight is 292 g/mol. The number of nitrogens with zero attached hydrogens (tertiary/aromatic N) is 4. The highest BCUT2D eigenvalue weighted by Crippen LogP contribution is 2.01. The number of alkyl halides is 2. The summed E-state index contributed by atoms with van der Waals surface area (Å²) in [6.45, 7) is 0.801. The van der Waals surface area contributed by atoms with Gasteiger partial charge in [-0.2, -0.15) is 10.2 Å². The lowest BCUT2D eigenvalue weighted by atomic mass is 10.4.